The Kier molecular flexibility index (Phi) is 4.32. The number of anilines is 3. The largest absolute Gasteiger partial charge is 0.394 e. The maximum absolute atomic E-state index is 6.20. The lowest BCUT2D eigenvalue weighted by Gasteiger charge is -2.21. The number of aryl methyl sites for hydroxylation is 3. The molecule has 2 aromatic rings. The van der Waals surface area contributed by atoms with Crippen molar-refractivity contribution >= 4 is 17.2 Å². The van der Waals surface area contributed by atoms with Crippen LogP contribution in [-0.4, -0.2) is 16.8 Å². The van der Waals surface area contributed by atoms with Gasteiger partial charge in [0.15, 0.2) is 5.82 Å². The number of hydrogen-bond donors (Lipinski definition) is 1. The third-order valence-electron chi connectivity index (χ3n) is 3.63. The van der Waals surface area contributed by atoms with Crippen LogP contribution in [0.5, 0.6) is 0 Å². The molecule has 0 saturated heterocycles. The smallest absolute Gasteiger partial charge is 0.154 e. The van der Waals surface area contributed by atoms with Crippen molar-refractivity contribution < 1.29 is 0 Å². The molecule has 20 heavy (non-hydrogen) atoms. The van der Waals surface area contributed by atoms with Crippen molar-refractivity contribution in [2.75, 3.05) is 17.7 Å². The van der Waals surface area contributed by atoms with Gasteiger partial charge in [0.2, 0.25) is 0 Å². The Bertz CT molecular complexity index is 569. The van der Waals surface area contributed by atoms with Crippen molar-refractivity contribution in [3.05, 3.63) is 35.5 Å². The summed E-state index contributed by atoms with van der Waals surface area (Å²) in [6, 6.07) is 8.60. The quantitative estimate of drug-likeness (QED) is 0.906. The standard InChI is InChI=1S/C16H24N4/c1-5-11-20-16(15(17)12(3)18-20)19(4)14-9-7-13(6-2)8-10-14/h7-10H,5-6,11,17H2,1-4H3. The molecule has 1 aromatic carbocycles. The number of aromatic nitrogens is 2. The van der Waals surface area contributed by atoms with Crippen molar-refractivity contribution in [3.8, 4) is 0 Å². The van der Waals surface area contributed by atoms with Gasteiger partial charge in [-0.2, -0.15) is 5.10 Å². The highest BCUT2D eigenvalue weighted by Crippen LogP contribution is 2.31. The molecule has 0 amide bonds. The number of hydrogen-bond acceptors (Lipinski definition) is 3. The summed E-state index contributed by atoms with van der Waals surface area (Å²) in [6.07, 6.45) is 2.09. The SMILES string of the molecule is CCCn1nc(C)c(N)c1N(C)c1ccc(CC)cc1. The Morgan fingerprint density at radius 2 is 1.85 bits per heavy atom. The zero-order valence-electron chi connectivity index (χ0n) is 12.8. The minimum absolute atomic E-state index is 0.764. The van der Waals surface area contributed by atoms with Gasteiger partial charge < -0.3 is 10.6 Å². The molecule has 2 rings (SSSR count). The van der Waals surface area contributed by atoms with E-state index in [-0.39, 0.29) is 0 Å². The average molecular weight is 272 g/mol. The van der Waals surface area contributed by atoms with Crippen LogP contribution >= 0.6 is 0 Å². The molecule has 4 heteroatoms. The summed E-state index contributed by atoms with van der Waals surface area (Å²) in [7, 11) is 2.04. The summed E-state index contributed by atoms with van der Waals surface area (Å²) in [5, 5.41) is 4.53. The topological polar surface area (TPSA) is 47.1 Å². The molecule has 0 aliphatic rings. The Morgan fingerprint density at radius 3 is 2.40 bits per heavy atom. The molecule has 0 bridgehead atoms. The zero-order valence-corrected chi connectivity index (χ0v) is 12.8. The predicted molar refractivity (Wildman–Crippen MR) is 85.6 cm³/mol. The van der Waals surface area contributed by atoms with Gasteiger partial charge in [0.1, 0.15) is 0 Å². The zero-order chi connectivity index (χ0) is 14.7. The fourth-order valence-corrected chi connectivity index (χ4v) is 2.38. The Morgan fingerprint density at radius 1 is 1.20 bits per heavy atom. The van der Waals surface area contributed by atoms with E-state index < -0.39 is 0 Å². The molecule has 0 radical (unpaired) electrons. The van der Waals surface area contributed by atoms with Crippen LogP contribution in [0.1, 0.15) is 31.5 Å². The van der Waals surface area contributed by atoms with Gasteiger partial charge in [0.25, 0.3) is 0 Å². The molecule has 0 saturated carbocycles. The van der Waals surface area contributed by atoms with Gasteiger partial charge in [0, 0.05) is 19.3 Å². The van der Waals surface area contributed by atoms with Crippen LogP contribution in [0.3, 0.4) is 0 Å². The third kappa shape index (κ3) is 2.64. The number of nitrogen functional groups attached to an aromatic ring is 1. The summed E-state index contributed by atoms with van der Waals surface area (Å²) in [6.45, 7) is 7.15. The van der Waals surface area contributed by atoms with E-state index in [0.29, 0.717) is 0 Å². The van der Waals surface area contributed by atoms with Crippen LogP contribution in [-0.2, 0) is 13.0 Å². The molecule has 1 aromatic heterocycles. The number of nitrogens with two attached hydrogens (primary N) is 1. The average Bonchev–Trinajstić information content (AvgIpc) is 2.74. The van der Waals surface area contributed by atoms with Crippen molar-refractivity contribution in [1.29, 1.82) is 0 Å². The van der Waals surface area contributed by atoms with Crippen molar-refractivity contribution in [2.24, 2.45) is 0 Å². The predicted octanol–water partition coefficient (Wildman–Crippen LogP) is 3.51. The van der Waals surface area contributed by atoms with E-state index in [1.54, 1.807) is 0 Å². The van der Waals surface area contributed by atoms with Crippen LogP contribution in [0.4, 0.5) is 17.2 Å². The van der Waals surface area contributed by atoms with Crippen molar-refractivity contribution in [2.45, 2.75) is 40.2 Å². The van der Waals surface area contributed by atoms with E-state index in [1.807, 2.05) is 18.7 Å². The van der Waals surface area contributed by atoms with E-state index >= 15 is 0 Å². The van der Waals surface area contributed by atoms with Crippen LogP contribution < -0.4 is 10.6 Å². The monoisotopic (exact) mass is 272 g/mol. The summed E-state index contributed by atoms with van der Waals surface area (Å²) in [5.41, 5.74) is 10.3. The second kappa shape index (κ2) is 5.99. The highest BCUT2D eigenvalue weighted by atomic mass is 15.4. The van der Waals surface area contributed by atoms with E-state index in [4.69, 9.17) is 5.73 Å². The maximum Gasteiger partial charge on any atom is 0.154 e. The summed E-state index contributed by atoms with van der Waals surface area (Å²) in [5.74, 6) is 0.980. The van der Waals surface area contributed by atoms with Gasteiger partial charge in [-0.1, -0.05) is 26.0 Å². The third-order valence-corrected chi connectivity index (χ3v) is 3.63. The fraction of sp³-hybridized carbons (Fsp3) is 0.438. The summed E-state index contributed by atoms with van der Waals surface area (Å²) < 4.78 is 2.00. The Hall–Kier alpha value is -1.97. The van der Waals surface area contributed by atoms with Crippen LogP contribution in [0, 0.1) is 6.92 Å². The van der Waals surface area contributed by atoms with Crippen LogP contribution in [0.2, 0.25) is 0 Å². The molecule has 0 unspecified atom stereocenters. The summed E-state index contributed by atoms with van der Waals surface area (Å²) >= 11 is 0. The molecule has 0 fully saturated rings. The Labute approximate surface area is 121 Å². The highest BCUT2D eigenvalue weighted by molar-refractivity contribution is 5.73. The van der Waals surface area contributed by atoms with E-state index in [1.165, 1.54) is 5.56 Å². The molecule has 2 N–H and O–H groups in total. The minimum Gasteiger partial charge on any atom is -0.394 e. The van der Waals surface area contributed by atoms with Crippen LogP contribution in [0.25, 0.3) is 0 Å². The van der Waals surface area contributed by atoms with Crippen LogP contribution in [0.15, 0.2) is 24.3 Å². The molecule has 108 valence electrons. The van der Waals surface area contributed by atoms with Gasteiger partial charge in [-0.05, 0) is 37.5 Å². The normalized spacial score (nSPS) is 10.8. The molecule has 0 atom stereocenters. The van der Waals surface area contributed by atoms with E-state index in [2.05, 4.69) is 48.1 Å². The molecule has 4 nitrogen and oxygen atoms in total. The fourth-order valence-electron chi connectivity index (χ4n) is 2.38. The van der Waals surface area contributed by atoms with Gasteiger partial charge in [0.05, 0.1) is 11.4 Å². The molecular formula is C16H24N4. The second-order valence-electron chi connectivity index (χ2n) is 5.12. The van der Waals surface area contributed by atoms with Gasteiger partial charge in [-0.25, -0.2) is 4.68 Å². The van der Waals surface area contributed by atoms with Gasteiger partial charge in [-0.3, -0.25) is 0 Å². The maximum atomic E-state index is 6.20. The molecular weight excluding hydrogens is 248 g/mol. The number of nitrogens with zero attached hydrogens (tertiary/aromatic N) is 3. The molecule has 0 aliphatic heterocycles. The highest BCUT2D eigenvalue weighted by Gasteiger charge is 2.17. The first-order valence-electron chi connectivity index (χ1n) is 7.24. The molecule has 1 heterocycles. The van der Waals surface area contributed by atoms with Crippen molar-refractivity contribution in [3.63, 3.8) is 0 Å². The van der Waals surface area contributed by atoms with Gasteiger partial charge in [-0.15, -0.1) is 0 Å². The lowest BCUT2D eigenvalue weighted by Crippen LogP contribution is -2.16. The number of rotatable bonds is 5. The van der Waals surface area contributed by atoms with E-state index in [9.17, 15) is 0 Å². The summed E-state index contributed by atoms with van der Waals surface area (Å²) in [4.78, 5) is 2.12. The Balaban J connectivity index is 2.38. The first-order valence-corrected chi connectivity index (χ1v) is 7.24. The minimum atomic E-state index is 0.764. The lowest BCUT2D eigenvalue weighted by atomic mass is 10.1. The molecule has 0 spiro atoms. The molecule has 0 aliphatic carbocycles. The lowest BCUT2D eigenvalue weighted by molar-refractivity contribution is 0.599. The van der Waals surface area contributed by atoms with Crippen molar-refractivity contribution in [1.82, 2.24) is 9.78 Å². The first-order chi connectivity index (χ1) is 9.58. The van der Waals surface area contributed by atoms with E-state index in [0.717, 1.165) is 42.3 Å². The first kappa shape index (κ1) is 14.4. The number of benzene rings is 1. The second-order valence-corrected chi connectivity index (χ2v) is 5.12. The van der Waals surface area contributed by atoms with Gasteiger partial charge >= 0.3 is 0 Å².